The summed E-state index contributed by atoms with van der Waals surface area (Å²) in [5.74, 6) is -1.10. The van der Waals surface area contributed by atoms with E-state index in [2.05, 4.69) is 5.32 Å². The molecule has 0 aromatic heterocycles. The van der Waals surface area contributed by atoms with E-state index in [0.29, 0.717) is 12.8 Å². The first-order valence-electron chi connectivity index (χ1n) is 8.18. The molecule has 0 unspecified atom stereocenters. The van der Waals surface area contributed by atoms with Crippen LogP contribution in [0.4, 0.5) is 0 Å². The fourth-order valence-corrected chi connectivity index (χ4v) is 3.71. The molecule has 0 aromatic rings. The van der Waals surface area contributed by atoms with Crippen molar-refractivity contribution in [1.29, 1.82) is 0 Å². The second-order valence-corrected chi connectivity index (χ2v) is 6.88. The van der Waals surface area contributed by atoms with Gasteiger partial charge in [0.25, 0.3) is 0 Å². The van der Waals surface area contributed by atoms with Gasteiger partial charge in [0.15, 0.2) is 0 Å². The molecule has 0 bridgehead atoms. The summed E-state index contributed by atoms with van der Waals surface area (Å²) in [7, 11) is 0. The Morgan fingerprint density at radius 3 is 1.95 bits per heavy atom. The van der Waals surface area contributed by atoms with Crippen molar-refractivity contribution in [2.75, 3.05) is 6.54 Å². The van der Waals surface area contributed by atoms with E-state index in [4.69, 9.17) is 0 Å². The number of rotatable bonds is 5. The lowest BCUT2D eigenvalue weighted by atomic mass is 9.82. The zero-order chi connectivity index (χ0) is 15.3. The van der Waals surface area contributed by atoms with Crippen LogP contribution in [-0.2, 0) is 9.59 Å². The monoisotopic (exact) mass is 297 g/mol. The Balaban J connectivity index is 1.85. The highest BCUT2D eigenvalue weighted by molar-refractivity contribution is 5.85. The number of carbonyl (C=O) groups excluding carboxylic acids is 1. The van der Waals surface area contributed by atoms with Crippen LogP contribution in [0.3, 0.4) is 0 Å². The number of carboxylic acid groups (broad SMARTS) is 1. The SMILES string of the molecule is O=C(CC1(C(=O)O)CCCC1)NCC1(O)CCCCCC1. The molecule has 5 heteroatoms. The summed E-state index contributed by atoms with van der Waals surface area (Å²) in [6, 6.07) is 0. The smallest absolute Gasteiger partial charge is 0.310 e. The molecule has 5 nitrogen and oxygen atoms in total. The summed E-state index contributed by atoms with van der Waals surface area (Å²) in [5.41, 5.74) is -1.69. The van der Waals surface area contributed by atoms with E-state index < -0.39 is 17.0 Å². The first kappa shape index (κ1) is 16.3. The molecule has 0 aromatic carbocycles. The normalized spacial score (nSPS) is 24.2. The third kappa shape index (κ3) is 4.19. The molecule has 2 fully saturated rings. The van der Waals surface area contributed by atoms with E-state index in [-0.39, 0.29) is 18.9 Å². The third-order valence-corrected chi connectivity index (χ3v) is 5.16. The quantitative estimate of drug-likeness (QED) is 0.679. The molecule has 2 saturated carbocycles. The first-order valence-corrected chi connectivity index (χ1v) is 8.18. The minimum absolute atomic E-state index is 0.0401. The molecular weight excluding hydrogens is 270 g/mol. The minimum Gasteiger partial charge on any atom is -0.481 e. The molecule has 0 aliphatic heterocycles. The van der Waals surface area contributed by atoms with Gasteiger partial charge in [-0.2, -0.15) is 0 Å². The van der Waals surface area contributed by atoms with Crippen LogP contribution >= 0.6 is 0 Å². The third-order valence-electron chi connectivity index (χ3n) is 5.16. The zero-order valence-corrected chi connectivity index (χ0v) is 12.7. The Bertz CT molecular complexity index is 380. The van der Waals surface area contributed by atoms with Crippen molar-refractivity contribution in [2.45, 2.75) is 76.2 Å². The Labute approximate surface area is 126 Å². The molecule has 2 rings (SSSR count). The van der Waals surface area contributed by atoms with Crippen LogP contribution in [0.1, 0.15) is 70.6 Å². The van der Waals surface area contributed by atoms with Crippen LogP contribution in [-0.4, -0.2) is 34.2 Å². The minimum atomic E-state index is -0.879. The molecule has 2 aliphatic carbocycles. The average Bonchev–Trinajstić information content (AvgIpc) is 2.80. The molecule has 0 saturated heterocycles. The maximum atomic E-state index is 12.1. The van der Waals surface area contributed by atoms with Gasteiger partial charge in [0.05, 0.1) is 11.0 Å². The number of hydrogen-bond acceptors (Lipinski definition) is 3. The van der Waals surface area contributed by atoms with Crippen molar-refractivity contribution in [2.24, 2.45) is 5.41 Å². The number of nitrogens with one attached hydrogen (secondary N) is 1. The molecule has 0 spiro atoms. The van der Waals surface area contributed by atoms with Gasteiger partial charge in [-0.3, -0.25) is 9.59 Å². The summed E-state index contributed by atoms with van der Waals surface area (Å²) in [4.78, 5) is 23.5. The van der Waals surface area contributed by atoms with E-state index in [0.717, 1.165) is 51.4 Å². The molecule has 21 heavy (non-hydrogen) atoms. The number of amides is 1. The van der Waals surface area contributed by atoms with Crippen LogP contribution in [0, 0.1) is 5.41 Å². The van der Waals surface area contributed by atoms with E-state index >= 15 is 0 Å². The van der Waals surface area contributed by atoms with Gasteiger partial charge < -0.3 is 15.5 Å². The Morgan fingerprint density at radius 2 is 1.43 bits per heavy atom. The van der Waals surface area contributed by atoms with Gasteiger partial charge in [-0.15, -0.1) is 0 Å². The van der Waals surface area contributed by atoms with Gasteiger partial charge in [-0.1, -0.05) is 38.5 Å². The number of carbonyl (C=O) groups is 2. The van der Waals surface area contributed by atoms with E-state index in [1.807, 2.05) is 0 Å². The van der Waals surface area contributed by atoms with Gasteiger partial charge >= 0.3 is 5.97 Å². The van der Waals surface area contributed by atoms with Crippen molar-refractivity contribution in [3.05, 3.63) is 0 Å². The highest BCUT2D eigenvalue weighted by Gasteiger charge is 2.43. The van der Waals surface area contributed by atoms with E-state index in [9.17, 15) is 19.8 Å². The molecule has 3 N–H and O–H groups in total. The molecule has 0 atom stereocenters. The zero-order valence-electron chi connectivity index (χ0n) is 12.7. The van der Waals surface area contributed by atoms with Gasteiger partial charge in [0.1, 0.15) is 0 Å². The van der Waals surface area contributed by atoms with Crippen molar-refractivity contribution in [1.82, 2.24) is 5.32 Å². The molecule has 2 aliphatic rings. The van der Waals surface area contributed by atoms with Crippen LogP contribution in [0.2, 0.25) is 0 Å². The van der Waals surface area contributed by atoms with Crippen LogP contribution in [0.5, 0.6) is 0 Å². The van der Waals surface area contributed by atoms with Crippen LogP contribution in [0.15, 0.2) is 0 Å². The van der Waals surface area contributed by atoms with Crippen LogP contribution < -0.4 is 5.32 Å². The summed E-state index contributed by atoms with van der Waals surface area (Å²) in [5, 5.41) is 22.7. The van der Waals surface area contributed by atoms with Crippen molar-refractivity contribution < 1.29 is 19.8 Å². The predicted octanol–water partition coefficient (Wildman–Crippen LogP) is 2.22. The van der Waals surface area contributed by atoms with Gasteiger partial charge in [-0.05, 0) is 25.7 Å². The standard InChI is InChI=1S/C16H27NO4/c18-13(11-15(14(19)20)7-5-6-8-15)17-12-16(21)9-3-1-2-4-10-16/h21H,1-12H2,(H,17,18)(H,19,20). The van der Waals surface area contributed by atoms with E-state index in [1.165, 1.54) is 0 Å². The lowest BCUT2D eigenvalue weighted by Crippen LogP contribution is -2.44. The molecule has 1 amide bonds. The number of aliphatic hydroxyl groups is 1. The van der Waals surface area contributed by atoms with Crippen molar-refractivity contribution >= 4 is 11.9 Å². The second kappa shape index (κ2) is 6.77. The lowest BCUT2D eigenvalue weighted by Gasteiger charge is -2.28. The maximum absolute atomic E-state index is 12.1. The predicted molar refractivity (Wildman–Crippen MR) is 78.8 cm³/mol. The molecular formula is C16H27NO4. The van der Waals surface area contributed by atoms with Gasteiger partial charge in [0, 0.05) is 13.0 Å². The second-order valence-electron chi connectivity index (χ2n) is 6.88. The fraction of sp³-hybridized carbons (Fsp3) is 0.875. The van der Waals surface area contributed by atoms with Crippen molar-refractivity contribution in [3.63, 3.8) is 0 Å². The van der Waals surface area contributed by atoms with Crippen LogP contribution in [0.25, 0.3) is 0 Å². The van der Waals surface area contributed by atoms with Gasteiger partial charge in [0.2, 0.25) is 5.91 Å². The Kier molecular flexibility index (Phi) is 5.25. The largest absolute Gasteiger partial charge is 0.481 e. The number of carboxylic acids is 1. The fourth-order valence-electron chi connectivity index (χ4n) is 3.71. The van der Waals surface area contributed by atoms with E-state index in [1.54, 1.807) is 0 Å². The summed E-state index contributed by atoms with van der Waals surface area (Å²) in [6.07, 6.45) is 8.66. The summed E-state index contributed by atoms with van der Waals surface area (Å²) >= 11 is 0. The summed E-state index contributed by atoms with van der Waals surface area (Å²) < 4.78 is 0. The molecule has 120 valence electrons. The topological polar surface area (TPSA) is 86.6 Å². The van der Waals surface area contributed by atoms with Gasteiger partial charge in [-0.25, -0.2) is 0 Å². The summed E-state index contributed by atoms with van der Waals surface area (Å²) in [6.45, 7) is 0.252. The lowest BCUT2D eigenvalue weighted by molar-refractivity contribution is -0.151. The molecule has 0 heterocycles. The average molecular weight is 297 g/mol. The number of hydrogen-bond donors (Lipinski definition) is 3. The number of aliphatic carboxylic acids is 1. The molecule has 0 radical (unpaired) electrons. The van der Waals surface area contributed by atoms with Crippen molar-refractivity contribution in [3.8, 4) is 0 Å². The maximum Gasteiger partial charge on any atom is 0.310 e. The Morgan fingerprint density at radius 1 is 0.905 bits per heavy atom. The Hall–Kier alpha value is -1.10. The highest BCUT2D eigenvalue weighted by Crippen LogP contribution is 2.41. The highest BCUT2D eigenvalue weighted by atomic mass is 16.4. The first-order chi connectivity index (χ1) is 9.96.